The molecule has 3 rings (SSSR count). The quantitative estimate of drug-likeness (QED) is 0.833. The molecule has 2 aromatic carbocycles. The number of rotatable bonds is 4. The summed E-state index contributed by atoms with van der Waals surface area (Å²) in [6, 6.07) is 11.5. The zero-order valence-corrected chi connectivity index (χ0v) is 13.3. The minimum Gasteiger partial charge on any atom is -0.496 e. The monoisotopic (exact) mass is 346 g/mol. The molecule has 0 atom stereocenters. The highest BCUT2D eigenvalue weighted by Gasteiger charge is 2.19. The summed E-state index contributed by atoms with van der Waals surface area (Å²) in [6.45, 7) is 0.426. The third-order valence-corrected chi connectivity index (χ3v) is 4.13. The molecule has 0 aliphatic heterocycles. The van der Waals surface area contributed by atoms with Gasteiger partial charge in [-0.25, -0.2) is 0 Å². The van der Waals surface area contributed by atoms with Crippen LogP contribution in [-0.4, -0.2) is 12.9 Å². The van der Waals surface area contributed by atoms with Gasteiger partial charge in [0.25, 0.3) is 0 Å². The van der Waals surface area contributed by atoms with Gasteiger partial charge in [0.2, 0.25) is 0 Å². The normalized spacial score (nSPS) is 13.1. The Labute approximate surface area is 132 Å². The molecule has 21 heavy (non-hydrogen) atoms. The minimum absolute atomic E-state index is 0.227. The fourth-order valence-electron chi connectivity index (χ4n) is 2.54. The van der Waals surface area contributed by atoms with Gasteiger partial charge in [-0.1, -0.05) is 15.9 Å². The van der Waals surface area contributed by atoms with E-state index >= 15 is 0 Å². The van der Waals surface area contributed by atoms with Crippen molar-refractivity contribution in [1.29, 1.82) is 0 Å². The predicted molar refractivity (Wildman–Crippen MR) is 84.1 cm³/mol. The Morgan fingerprint density at radius 3 is 2.81 bits per heavy atom. The molecule has 0 amide bonds. The van der Waals surface area contributed by atoms with Crippen molar-refractivity contribution in [3.63, 3.8) is 0 Å². The van der Waals surface area contributed by atoms with E-state index in [2.05, 4.69) is 15.9 Å². The van der Waals surface area contributed by atoms with E-state index in [0.29, 0.717) is 13.0 Å². The number of hydrogen-bond acceptors (Lipinski definition) is 3. The molecule has 2 aromatic rings. The molecule has 1 aliphatic rings. The molecule has 3 nitrogen and oxygen atoms in total. The number of Topliss-reactive ketones (excluding diaryl/α,β-unsaturated/α-hetero) is 1. The van der Waals surface area contributed by atoms with Crippen LogP contribution >= 0.6 is 15.9 Å². The van der Waals surface area contributed by atoms with Gasteiger partial charge < -0.3 is 9.47 Å². The summed E-state index contributed by atoms with van der Waals surface area (Å²) in [5, 5.41) is 0. The maximum absolute atomic E-state index is 11.6. The van der Waals surface area contributed by atoms with Gasteiger partial charge in [-0.3, -0.25) is 4.79 Å². The highest BCUT2D eigenvalue weighted by atomic mass is 79.9. The van der Waals surface area contributed by atoms with Crippen molar-refractivity contribution in [1.82, 2.24) is 0 Å². The Morgan fingerprint density at radius 2 is 2.00 bits per heavy atom. The van der Waals surface area contributed by atoms with Gasteiger partial charge in [0.05, 0.1) is 7.11 Å². The number of aryl methyl sites for hydroxylation is 1. The van der Waals surface area contributed by atoms with Crippen LogP contribution in [0.4, 0.5) is 0 Å². The van der Waals surface area contributed by atoms with Crippen LogP contribution in [0.15, 0.2) is 40.9 Å². The number of carbonyl (C=O) groups excluding carboxylic acids is 1. The number of fused-ring (bicyclic) bond motifs is 1. The molecule has 0 bridgehead atoms. The molecule has 0 unspecified atom stereocenters. The first kappa shape index (κ1) is 14.1. The number of halogens is 1. The van der Waals surface area contributed by atoms with Crippen LogP contribution in [0.5, 0.6) is 11.5 Å². The lowest BCUT2D eigenvalue weighted by molar-refractivity contribution is 0.0994. The van der Waals surface area contributed by atoms with Crippen LogP contribution in [0.3, 0.4) is 0 Å². The lowest BCUT2D eigenvalue weighted by atomic mass is 10.1. The fraction of sp³-hybridized carbons (Fsp3) is 0.235. The Balaban J connectivity index is 1.77. The Bertz CT molecular complexity index is 694. The van der Waals surface area contributed by atoms with Crippen LogP contribution in [0, 0.1) is 0 Å². The number of ether oxygens (including phenoxy) is 2. The molecule has 0 spiro atoms. The Kier molecular flexibility index (Phi) is 3.97. The highest BCUT2D eigenvalue weighted by Crippen LogP contribution is 2.28. The first-order valence-electron chi connectivity index (χ1n) is 6.79. The van der Waals surface area contributed by atoms with E-state index in [1.54, 1.807) is 7.11 Å². The third-order valence-electron chi connectivity index (χ3n) is 3.64. The van der Waals surface area contributed by atoms with E-state index in [-0.39, 0.29) is 5.78 Å². The lowest BCUT2D eigenvalue weighted by Gasteiger charge is -2.11. The molecule has 0 saturated carbocycles. The zero-order chi connectivity index (χ0) is 14.8. The predicted octanol–water partition coefficient (Wildman–Crippen LogP) is 4.17. The average Bonchev–Trinajstić information content (AvgIpc) is 2.86. The van der Waals surface area contributed by atoms with Crippen molar-refractivity contribution in [2.24, 2.45) is 0 Å². The first-order chi connectivity index (χ1) is 10.2. The van der Waals surface area contributed by atoms with E-state index in [1.807, 2.05) is 36.4 Å². The SMILES string of the molecule is COc1ccc(Br)cc1COc1ccc2c(c1)CCC2=O. The number of hydrogen-bond donors (Lipinski definition) is 0. The lowest BCUT2D eigenvalue weighted by Crippen LogP contribution is -1.99. The van der Waals surface area contributed by atoms with Crippen LogP contribution in [-0.2, 0) is 13.0 Å². The second-order valence-corrected chi connectivity index (χ2v) is 5.90. The van der Waals surface area contributed by atoms with Gasteiger partial charge in [0.15, 0.2) is 5.78 Å². The number of ketones is 1. The molecule has 0 fully saturated rings. The van der Waals surface area contributed by atoms with Crippen molar-refractivity contribution >= 4 is 21.7 Å². The van der Waals surface area contributed by atoms with Crippen molar-refractivity contribution in [3.8, 4) is 11.5 Å². The summed E-state index contributed by atoms with van der Waals surface area (Å²) in [4.78, 5) is 11.6. The van der Waals surface area contributed by atoms with E-state index in [9.17, 15) is 4.79 Å². The van der Waals surface area contributed by atoms with Crippen molar-refractivity contribution in [2.75, 3.05) is 7.11 Å². The van der Waals surface area contributed by atoms with Crippen molar-refractivity contribution in [2.45, 2.75) is 19.4 Å². The summed E-state index contributed by atoms with van der Waals surface area (Å²) in [6.07, 6.45) is 1.42. The topological polar surface area (TPSA) is 35.5 Å². The smallest absolute Gasteiger partial charge is 0.163 e. The maximum atomic E-state index is 11.6. The molecule has 0 radical (unpaired) electrons. The number of benzene rings is 2. The standard InChI is InChI=1S/C17H15BrO3/c1-20-17-7-3-13(18)8-12(17)10-21-14-4-5-15-11(9-14)2-6-16(15)19/h3-5,7-9H,2,6,10H2,1H3. The maximum Gasteiger partial charge on any atom is 0.163 e. The van der Waals surface area contributed by atoms with Crippen LogP contribution in [0.2, 0.25) is 0 Å². The zero-order valence-electron chi connectivity index (χ0n) is 11.7. The average molecular weight is 347 g/mol. The van der Waals surface area contributed by atoms with Crippen LogP contribution < -0.4 is 9.47 Å². The summed E-state index contributed by atoms with van der Waals surface area (Å²) in [5.41, 5.74) is 2.89. The van der Waals surface area contributed by atoms with E-state index < -0.39 is 0 Å². The molecule has 0 heterocycles. The molecular formula is C17H15BrO3. The van der Waals surface area contributed by atoms with E-state index in [0.717, 1.165) is 39.1 Å². The molecule has 108 valence electrons. The molecular weight excluding hydrogens is 332 g/mol. The summed E-state index contributed by atoms with van der Waals surface area (Å²) in [7, 11) is 1.65. The number of methoxy groups -OCH3 is 1. The third kappa shape index (κ3) is 2.95. The van der Waals surface area contributed by atoms with Crippen LogP contribution in [0.25, 0.3) is 0 Å². The van der Waals surface area contributed by atoms with Crippen molar-refractivity contribution < 1.29 is 14.3 Å². The van der Waals surface area contributed by atoms with Gasteiger partial charge in [0.1, 0.15) is 18.1 Å². The molecule has 0 N–H and O–H groups in total. The Hall–Kier alpha value is -1.81. The molecule has 0 saturated heterocycles. The first-order valence-corrected chi connectivity index (χ1v) is 7.58. The largest absolute Gasteiger partial charge is 0.496 e. The number of carbonyl (C=O) groups is 1. The van der Waals surface area contributed by atoms with E-state index in [1.165, 1.54) is 0 Å². The van der Waals surface area contributed by atoms with E-state index in [4.69, 9.17) is 9.47 Å². The summed E-state index contributed by atoms with van der Waals surface area (Å²) < 4.78 is 12.2. The van der Waals surface area contributed by atoms with Gasteiger partial charge >= 0.3 is 0 Å². The van der Waals surface area contributed by atoms with Crippen molar-refractivity contribution in [3.05, 3.63) is 57.6 Å². The van der Waals surface area contributed by atoms with Gasteiger partial charge in [-0.05, 0) is 48.4 Å². The van der Waals surface area contributed by atoms with Gasteiger partial charge in [-0.2, -0.15) is 0 Å². The highest BCUT2D eigenvalue weighted by molar-refractivity contribution is 9.10. The Morgan fingerprint density at radius 1 is 1.14 bits per heavy atom. The second-order valence-electron chi connectivity index (χ2n) is 4.99. The van der Waals surface area contributed by atoms with Crippen LogP contribution in [0.1, 0.15) is 27.9 Å². The summed E-state index contributed by atoms with van der Waals surface area (Å²) in [5.74, 6) is 1.81. The second kappa shape index (κ2) is 5.90. The minimum atomic E-state index is 0.227. The fourth-order valence-corrected chi connectivity index (χ4v) is 2.95. The van der Waals surface area contributed by atoms with Gasteiger partial charge in [0, 0.05) is 22.0 Å². The molecule has 0 aromatic heterocycles. The summed E-state index contributed by atoms with van der Waals surface area (Å²) >= 11 is 3.45. The molecule has 1 aliphatic carbocycles. The van der Waals surface area contributed by atoms with Gasteiger partial charge in [-0.15, -0.1) is 0 Å². The molecule has 4 heteroatoms.